The van der Waals surface area contributed by atoms with Gasteiger partial charge in [0.25, 0.3) is 6.01 Å². The molecule has 1 heterocycles. The average Bonchev–Trinajstić information content (AvgIpc) is 2.65. The minimum absolute atomic E-state index is 0.290. The molecule has 0 N–H and O–H groups in total. The highest BCUT2D eigenvalue weighted by Crippen LogP contribution is 2.29. The van der Waals surface area contributed by atoms with Gasteiger partial charge in [0.05, 0.1) is 0 Å². The summed E-state index contributed by atoms with van der Waals surface area (Å²) in [6.45, 7) is 0.968. The van der Waals surface area contributed by atoms with E-state index in [-0.39, 0.29) is 5.82 Å². The first-order valence-electron chi connectivity index (χ1n) is 5.99. The molecule has 2 aromatic rings. The third kappa shape index (κ3) is 1.99. The Kier molecular flexibility index (Phi) is 2.50. The van der Waals surface area contributed by atoms with Gasteiger partial charge in [-0.1, -0.05) is 6.42 Å². The predicted octanol–water partition coefficient (Wildman–Crippen LogP) is 3.20. The maximum absolute atomic E-state index is 13.0. The molecule has 17 heavy (non-hydrogen) atoms. The van der Waals surface area contributed by atoms with E-state index in [0.717, 1.165) is 12.5 Å². The van der Waals surface area contributed by atoms with E-state index in [4.69, 9.17) is 4.42 Å². The molecule has 0 aliphatic heterocycles. The van der Waals surface area contributed by atoms with Crippen LogP contribution in [0.5, 0.6) is 0 Å². The summed E-state index contributed by atoms with van der Waals surface area (Å²) in [6.07, 6.45) is 3.91. The lowest BCUT2D eigenvalue weighted by molar-refractivity contribution is 0.317. The van der Waals surface area contributed by atoms with E-state index >= 15 is 0 Å². The van der Waals surface area contributed by atoms with Gasteiger partial charge < -0.3 is 9.32 Å². The summed E-state index contributed by atoms with van der Waals surface area (Å²) in [6, 6.07) is 5.01. The van der Waals surface area contributed by atoms with Crippen molar-refractivity contribution in [3.63, 3.8) is 0 Å². The van der Waals surface area contributed by atoms with E-state index in [1.807, 2.05) is 11.9 Å². The summed E-state index contributed by atoms with van der Waals surface area (Å²) < 4.78 is 18.6. The number of fused-ring (bicyclic) bond motifs is 1. The fourth-order valence-electron chi connectivity index (χ4n) is 2.19. The van der Waals surface area contributed by atoms with E-state index in [2.05, 4.69) is 4.98 Å². The van der Waals surface area contributed by atoms with Crippen LogP contribution < -0.4 is 4.90 Å². The van der Waals surface area contributed by atoms with E-state index in [0.29, 0.717) is 17.1 Å². The Morgan fingerprint density at radius 3 is 3.00 bits per heavy atom. The number of hydrogen-bond donors (Lipinski definition) is 0. The first-order valence-corrected chi connectivity index (χ1v) is 5.99. The molecule has 3 rings (SSSR count). The number of halogens is 1. The second-order valence-corrected chi connectivity index (χ2v) is 4.79. The quantitative estimate of drug-likeness (QED) is 0.816. The van der Waals surface area contributed by atoms with Crippen LogP contribution in [0.4, 0.5) is 10.4 Å². The molecule has 1 aliphatic rings. The van der Waals surface area contributed by atoms with Crippen LogP contribution in [0.15, 0.2) is 22.6 Å². The van der Waals surface area contributed by atoms with Crippen molar-refractivity contribution in [2.24, 2.45) is 5.92 Å². The standard InChI is InChI=1S/C13H15FN2O/c1-16(8-9-3-2-4-9)13-15-11-6-5-10(14)7-12(11)17-13/h5-7,9H,2-4,8H2,1H3. The summed E-state index contributed by atoms with van der Waals surface area (Å²) in [7, 11) is 1.97. The number of aromatic nitrogens is 1. The fraction of sp³-hybridized carbons (Fsp3) is 0.462. The Morgan fingerprint density at radius 2 is 2.29 bits per heavy atom. The Balaban J connectivity index is 1.83. The van der Waals surface area contributed by atoms with Crippen molar-refractivity contribution in [1.82, 2.24) is 4.98 Å². The molecule has 3 nitrogen and oxygen atoms in total. The molecule has 1 aromatic heterocycles. The minimum atomic E-state index is -0.290. The van der Waals surface area contributed by atoms with Gasteiger partial charge in [0, 0.05) is 19.7 Å². The van der Waals surface area contributed by atoms with Crippen molar-refractivity contribution in [3.8, 4) is 0 Å². The zero-order valence-electron chi connectivity index (χ0n) is 9.82. The monoisotopic (exact) mass is 234 g/mol. The summed E-state index contributed by atoms with van der Waals surface area (Å²) >= 11 is 0. The third-order valence-corrected chi connectivity index (χ3v) is 3.42. The van der Waals surface area contributed by atoms with Gasteiger partial charge in [-0.15, -0.1) is 0 Å². The summed E-state index contributed by atoms with van der Waals surface area (Å²) in [4.78, 5) is 6.37. The van der Waals surface area contributed by atoms with Crippen molar-refractivity contribution in [1.29, 1.82) is 0 Å². The Morgan fingerprint density at radius 1 is 1.47 bits per heavy atom. The molecule has 0 unspecified atom stereocenters. The van der Waals surface area contributed by atoms with Crippen molar-refractivity contribution >= 4 is 17.1 Å². The maximum atomic E-state index is 13.0. The Bertz CT molecular complexity index is 533. The molecule has 1 aromatic carbocycles. The van der Waals surface area contributed by atoms with Gasteiger partial charge in [-0.3, -0.25) is 0 Å². The van der Waals surface area contributed by atoms with Crippen LogP contribution in [0.25, 0.3) is 11.1 Å². The summed E-state index contributed by atoms with van der Waals surface area (Å²) in [5.41, 5.74) is 1.22. The fourth-order valence-corrected chi connectivity index (χ4v) is 2.19. The van der Waals surface area contributed by atoms with Crippen LogP contribution in [0.3, 0.4) is 0 Å². The van der Waals surface area contributed by atoms with Gasteiger partial charge in [0.1, 0.15) is 11.3 Å². The molecular weight excluding hydrogens is 219 g/mol. The molecule has 0 radical (unpaired) electrons. The zero-order valence-corrected chi connectivity index (χ0v) is 9.82. The van der Waals surface area contributed by atoms with E-state index in [9.17, 15) is 4.39 Å². The van der Waals surface area contributed by atoms with Crippen LogP contribution in [0.1, 0.15) is 19.3 Å². The van der Waals surface area contributed by atoms with Gasteiger partial charge in [-0.05, 0) is 30.9 Å². The van der Waals surface area contributed by atoms with E-state index in [1.54, 1.807) is 6.07 Å². The van der Waals surface area contributed by atoms with E-state index in [1.165, 1.54) is 31.4 Å². The molecule has 0 bridgehead atoms. The molecule has 0 atom stereocenters. The predicted molar refractivity (Wildman–Crippen MR) is 64.6 cm³/mol. The highest BCUT2D eigenvalue weighted by Gasteiger charge is 2.21. The van der Waals surface area contributed by atoms with Gasteiger partial charge in [0.2, 0.25) is 0 Å². The lowest BCUT2D eigenvalue weighted by Crippen LogP contribution is -2.29. The smallest absolute Gasteiger partial charge is 0.298 e. The van der Waals surface area contributed by atoms with Crippen LogP contribution in [0.2, 0.25) is 0 Å². The molecule has 0 spiro atoms. The van der Waals surface area contributed by atoms with Gasteiger partial charge in [-0.2, -0.15) is 4.98 Å². The van der Waals surface area contributed by atoms with Gasteiger partial charge in [-0.25, -0.2) is 4.39 Å². The molecule has 1 aliphatic carbocycles. The number of anilines is 1. The molecular formula is C13H15FN2O. The maximum Gasteiger partial charge on any atom is 0.298 e. The van der Waals surface area contributed by atoms with Crippen LogP contribution in [-0.4, -0.2) is 18.6 Å². The van der Waals surface area contributed by atoms with Gasteiger partial charge >= 0.3 is 0 Å². The van der Waals surface area contributed by atoms with Crippen molar-refractivity contribution in [3.05, 3.63) is 24.0 Å². The van der Waals surface area contributed by atoms with Crippen LogP contribution in [-0.2, 0) is 0 Å². The number of benzene rings is 1. The lowest BCUT2D eigenvalue weighted by Gasteiger charge is -2.29. The van der Waals surface area contributed by atoms with Crippen LogP contribution in [0, 0.1) is 11.7 Å². The molecule has 1 saturated carbocycles. The second-order valence-electron chi connectivity index (χ2n) is 4.79. The topological polar surface area (TPSA) is 29.3 Å². The van der Waals surface area contributed by atoms with Crippen molar-refractivity contribution in [2.75, 3.05) is 18.5 Å². The SMILES string of the molecule is CN(CC1CCC1)c1nc2ccc(F)cc2o1. The molecule has 0 amide bonds. The van der Waals surface area contributed by atoms with Gasteiger partial charge in [0.15, 0.2) is 5.58 Å². The molecule has 1 fully saturated rings. The number of hydrogen-bond acceptors (Lipinski definition) is 3. The summed E-state index contributed by atoms with van der Waals surface area (Å²) in [5, 5.41) is 0. The van der Waals surface area contributed by atoms with E-state index < -0.39 is 0 Å². The van der Waals surface area contributed by atoms with Crippen molar-refractivity contribution in [2.45, 2.75) is 19.3 Å². The van der Waals surface area contributed by atoms with Crippen LogP contribution >= 0.6 is 0 Å². The number of nitrogens with zero attached hydrogens (tertiary/aromatic N) is 2. The first-order chi connectivity index (χ1) is 8.22. The largest absolute Gasteiger partial charge is 0.423 e. The summed E-state index contributed by atoms with van der Waals surface area (Å²) in [5.74, 6) is 0.466. The number of oxazole rings is 1. The first kappa shape index (κ1) is 10.6. The second kappa shape index (κ2) is 4.02. The normalized spacial score (nSPS) is 16.1. The minimum Gasteiger partial charge on any atom is -0.423 e. The highest BCUT2D eigenvalue weighted by atomic mass is 19.1. The molecule has 90 valence electrons. The molecule has 4 heteroatoms. The zero-order chi connectivity index (χ0) is 11.8. The van der Waals surface area contributed by atoms with Crippen molar-refractivity contribution < 1.29 is 8.81 Å². The Hall–Kier alpha value is -1.58. The Labute approximate surface area is 99.2 Å². The molecule has 0 saturated heterocycles. The highest BCUT2D eigenvalue weighted by molar-refractivity contribution is 5.74. The third-order valence-electron chi connectivity index (χ3n) is 3.42. The number of rotatable bonds is 3. The lowest BCUT2D eigenvalue weighted by atomic mass is 9.85. The average molecular weight is 234 g/mol.